The van der Waals surface area contributed by atoms with Gasteiger partial charge in [-0.1, -0.05) is 38.7 Å². The maximum atomic E-state index is 5.23. The first kappa shape index (κ1) is 11.3. The van der Waals surface area contributed by atoms with Crippen LogP contribution < -0.4 is 4.74 Å². The van der Waals surface area contributed by atoms with Crippen molar-refractivity contribution in [1.29, 1.82) is 0 Å². The molecule has 1 rings (SSSR count). The molecule has 2 heteroatoms. The van der Waals surface area contributed by atoms with Gasteiger partial charge in [0.05, 0.1) is 15.2 Å². The molecule has 0 aliphatic rings. The Morgan fingerprint density at radius 3 is 2.36 bits per heavy atom. The van der Waals surface area contributed by atoms with Crippen molar-refractivity contribution in [3.63, 3.8) is 0 Å². The first-order chi connectivity index (χ1) is 6.45. The average molecular weight is 208 g/mol. The Labute approximate surface area is 88.1 Å². The molecule has 1 nitrogen and oxygen atoms in total. The van der Waals surface area contributed by atoms with Gasteiger partial charge in [-0.05, 0) is 23.2 Å². The molecule has 0 bridgehead atoms. The van der Waals surface area contributed by atoms with Gasteiger partial charge in [0.2, 0.25) is 0 Å². The van der Waals surface area contributed by atoms with E-state index in [1.54, 1.807) is 7.11 Å². The van der Waals surface area contributed by atoms with Crippen LogP contribution in [0, 0.1) is 0 Å². The molecule has 0 aliphatic carbocycles. The lowest BCUT2D eigenvalue weighted by Gasteiger charge is -2.25. The summed E-state index contributed by atoms with van der Waals surface area (Å²) in [6.45, 7) is 9.52. The fourth-order valence-corrected chi connectivity index (χ4v) is 2.59. The van der Waals surface area contributed by atoms with E-state index in [9.17, 15) is 0 Å². The largest absolute Gasteiger partial charge is 0.497 e. The van der Waals surface area contributed by atoms with Gasteiger partial charge in [0.1, 0.15) is 5.75 Å². The molecule has 1 aromatic carbocycles. The Morgan fingerprint density at radius 2 is 1.86 bits per heavy atom. The fraction of sp³-hybridized carbons (Fsp3) is 0.500. The monoisotopic (exact) mass is 208 g/mol. The minimum atomic E-state index is -1.09. The van der Waals surface area contributed by atoms with Gasteiger partial charge in [0.15, 0.2) is 0 Å². The number of hydrogen-bond acceptors (Lipinski definition) is 1. The predicted molar refractivity (Wildman–Crippen MR) is 64.8 cm³/mol. The van der Waals surface area contributed by atoms with Gasteiger partial charge < -0.3 is 4.74 Å². The summed E-state index contributed by atoms with van der Waals surface area (Å²) in [5, 5.41) is 0. The molecule has 0 amide bonds. The van der Waals surface area contributed by atoms with E-state index in [-0.39, 0.29) is 0 Å². The lowest BCUT2D eigenvalue weighted by molar-refractivity contribution is 0.414. The zero-order valence-electron chi connectivity index (χ0n) is 9.79. The summed E-state index contributed by atoms with van der Waals surface area (Å²) in [7, 11) is 0.628. The molecule has 1 aromatic rings. The van der Waals surface area contributed by atoms with Crippen LogP contribution in [0.3, 0.4) is 0 Å². The summed E-state index contributed by atoms with van der Waals surface area (Å²) in [4.78, 5) is 0. The molecular weight excluding hydrogens is 188 g/mol. The minimum absolute atomic E-state index is 0.678. The second-order valence-electron chi connectivity index (χ2n) is 4.86. The molecule has 0 aliphatic heterocycles. The number of rotatable bonds is 3. The van der Waals surface area contributed by atoms with Crippen LogP contribution in [0.5, 0.6) is 5.75 Å². The van der Waals surface area contributed by atoms with Crippen molar-refractivity contribution in [2.45, 2.75) is 32.1 Å². The lowest BCUT2D eigenvalue weighted by Crippen LogP contribution is -2.28. The van der Waals surface area contributed by atoms with Gasteiger partial charge in [0.25, 0.3) is 0 Å². The Morgan fingerprint density at radius 1 is 1.21 bits per heavy atom. The number of hydrogen-bond donors (Lipinski definition) is 0. The van der Waals surface area contributed by atoms with Crippen LogP contribution in [-0.2, 0) is 0 Å². The maximum Gasteiger partial charge on any atom is 0.119 e. The zero-order valence-corrected chi connectivity index (χ0v) is 10.8. The zero-order chi connectivity index (χ0) is 10.8. The summed E-state index contributed by atoms with van der Waals surface area (Å²) < 4.78 is 5.23. The van der Waals surface area contributed by atoms with Crippen molar-refractivity contribution >= 4 is 8.07 Å². The molecule has 0 spiro atoms. The van der Waals surface area contributed by atoms with Crippen molar-refractivity contribution in [1.82, 2.24) is 0 Å². The molecule has 0 aromatic heterocycles. The highest BCUT2D eigenvalue weighted by Crippen LogP contribution is 2.28. The summed E-state index contributed by atoms with van der Waals surface area (Å²) in [5.41, 5.74) is 2.08. The first-order valence-electron chi connectivity index (χ1n) is 5.09. The lowest BCUT2D eigenvalue weighted by atomic mass is 10.1. The van der Waals surface area contributed by atoms with E-state index in [0.29, 0.717) is 5.54 Å². The van der Waals surface area contributed by atoms with Crippen LogP contribution in [0.15, 0.2) is 24.3 Å². The second kappa shape index (κ2) is 4.18. The summed E-state index contributed by atoms with van der Waals surface area (Å²) in [6.07, 6.45) is 0. The molecular formula is C12H20OSi. The average Bonchev–Trinajstić information content (AvgIpc) is 2.15. The van der Waals surface area contributed by atoms with E-state index in [1.165, 1.54) is 5.56 Å². The first-order valence-corrected chi connectivity index (χ1v) is 8.67. The van der Waals surface area contributed by atoms with Crippen molar-refractivity contribution in [3.8, 4) is 5.75 Å². The van der Waals surface area contributed by atoms with Crippen molar-refractivity contribution < 1.29 is 4.74 Å². The standard InChI is InChI=1S/C12H20OSi/c1-10(14(3,4)5)11-7-6-8-12(9-11)13-2/h6-10H,1-5H3/t10-/m1/s1. The van der Waals surface area contributed by atoms with Gasteiger partial charge in [-0.25, -0.2) is 0 Å². The van der Waals surface area contributed by atoms with E-state index in [4.69, 9.17) is 4.74 Å². The van der Waals surface area contributed by atoms with Crippen molar-refractivity contribution in [3.05, 3.63) is 29.8 Å². The highest BCUT2D eigenvalue weighted by Gasteiger charge is 2.23. The van der Waals surface area contributed by atoms with E-state index < -0.39 is 8.07 Å². The topological polar surface area (TPSA) is 9.23 Å². The highest BCUT2D eigenvalue weighted by molar-refractivity contribution is 6.77. The Kier molecular flexibility index (Phi) is 3.37. The normalized spacial score (nSPS) is 13.8. The number of benzene rings is 1. The fourth-order valence-electron chi connectivity index (χ4n) is 1.41. The van der Waals surface area contributed by atoms with E-state index in [1.807, 2.05) is 6.07 Å². The maximum absolute atomic E-state index is 5.23. The molecule has 0 heterocycles. The van der Waals surface area contributed by atoms with Crippen molar-refractivity contribution in [2.75, 3.05) is 7.11 Å². The number of methoxy groups -OCH3 is 1. The molecule has 0 saturated heterocycles. The molecule has 0 radical (unpaired) electrons. The van der Waals surface area contributed by atoms with Gasteiger partial charge in [-0.3, -0.25) is 0 Å². The summed E-state index contributed by atoms with van der Waals surface area (Å²) in [5.74, 6) is 0.965. The van der Waals surface area contributed by atoms with E-state index >= 15 is 0 Å². The smallest absolute Gasteiger partial charge is 0.119 e. The summed E-state index contributed by atoms with van der Waals surface area (Å²) in [6, 6.07) is 8.43. The van der Waals surface area contributed by atoms with Crippen LogP contribution >= 0.6 is 0 Å². The quantitative estimate of drug-likeness (QED) is 0.689. The predicted octanol–water partition coefficient (Wildman–Crippen LogP) is 3.68. The van der Waals surface area contributed by atoms with Crippen LogP contribution in [0.25, 0.3) is 0 Å². The third kappa shape index (κ3) is 2.61. The SMILES string of the molecule is COc1cccc([C@@H](C)[Si](C)(C)C)c1. The van der Waals surface area contributed by atoms with Gasteiger partial charge in [-0.15, -0.1) is 0 Å². The molecule has 1 atom stereocenters. The summed E-state index contributed by atoms with van der Waals surface area (Å²) >= 11 is 0. The molecule has 0 fully saturated rings. The van der Waals surface area contributed by atoms with Gasteiger partial charge >= 0.3 is 0 Å². The molecule has 78 valence electrons. The minimum Gasteiger partial charge on any atom is -0.497 e. The highest BCUT2D eigenvalue weighted by atomic mass is 28.3. The number of ether oxygens (including phenoxy) is 1. The molecule has 14 heavy (non-hydrogen) atoms. The Hall–Kier alpha value is -0.763. The third-order valence-corrected chi connectivity index (χ3v) is 5.82. The van der Waals surface area contributed by atoms with Crippen LogP contribution in [0.4, 0.5) is 0 Å². The van der Waals surface area contributed by atoms with E-state index in [0.717, 1.165) is 5.75 Å². The van der Waals surface area contributed by atoms with E-state index in [2.05, 4.69) is 44.8 Å². The van der Waals surface area contributed by atoms with Gasteiger partial charge in [0, 0.05) is 0 Å². The second-order valence-corrected chi connectivity index (χ2v) is 10.5. The Balaban J connectivity index is 2.95. The Bertz CT molecular complexity index is 301. The van der Waals surface area contributed by atoms with Crippen LogP contribution in [0.1, 0.15) is 18.0 Å². The van der Waals surface area contributed by atoms with Gasteiger partial charge in [-0.2, -0.15) is 0 Å². The molecule has 0 N–H and O–H groups in total. The molecule has 0 saturated carbocycles. The third-order valence-electron chi connectivity index (χ3n) is 2.89. The molecule has 0 unspecified atom stereocenters. The van der Waals surface area contributed by atoms with Crippen LogP contribution in [0.2, 0.25) is 19.6 Å². The van der Waals surface area contributed by atoms with Crippen LogP contribution in [-0.4, -0.2) is 15.2 Å². The van der Waals surface area contributed by atoms with Crippen molar-refractivity contribution in [2.24, 2.45) is 0 Å².